The first-order valence-corrected chi connectivity index (χ1v) is 9.89. The maximum absolute atomic E-state index is 13.7. The number of carboxylic acid groups (broad SMARTS) is 2. The van der Waals surface area contributed by atoms with Crippen molar-refractivity contribution in [3.8, 4) is 0 Å². The van der Waals surface area contributed by atoms with E-state index in [1.807, 2.05) is 16.8 Å². The van der Waals surface area contributed by atoms with Crippen molar-refractivity contribution in [2.24, 2.45) is 5.92 Å². The van der Waals surface area contributed by atoms with Gasteiger partial charge in [0.1, 0.15) is 5.82 Å². The maximum Gasteiger partial charge on any atom is 0.328 e. The predicted octanol–water partition coefficient (Wildman–Crippen LogP) is 2.50. The monoisotopic (exact) mass is 431 g/mol. The van der Waals surface area contributed by atoms with Crippen molar-refractivity contribution in [2.45, 2.75) is 25.8 Å². The highest BCUT2D eigenvalue weighted by atomic mass is 19.1. The summed E-state index contributed by atoms with van der Waals surface area (Å²) in [7, 11) is 2.08. The van der Waals surface area contributed by atoms with E-state index < -0.39 is 11.9 Å². The molecule has 0 atom stereocenters. The van der Waals surface area contributed by atoms with Gasteiger partial charge in [-0.2, -0.15) is 0 Å². The number of carboxylic acids is 2. The number of carbonyl (C=O) groups excluding carboxylic acids is 1. The van der Waals surface area contributed by atoms with Gasteiger partial charge >= 0.3 is 11.9 Å². The van der Waals surface area contributed by atoms with Gasteiger partial charge in [-0.3, -0.25) is 4.79 Å². The van der Waals surface area contributed by atoms with Crippen molar-refractivity contribution in [2.75, 3.05) is 20.1 Å². The summed E-state index contributed by atoms with van der Waals surface area (Å²) in [4.78, 5) is 38.3. The Morgan fingerprint density at radius 1 is 1.13 bits per heavy atom. The molecular formula is C22H26FN3O5. The van der Waals surface area contributed by atoms with Crippen LogP contribution >= 0.6 is 0 Å². The largest absolute Gasteiger partial charge is 0.478 e. The molecule has 0 amide bonds. The SMILES string of the molecule is CN1CCC(C(=O)c2nccn2CCc2ccccc2F)CC1.O=C(O)C=CC(=O)O. The van der Waals surface area contributed by atoms with Gasteiger partial charge in [-0.25, -0.2) is 19.0 Å². The van der Waals surface area contributed by atoms with E-state index in [4.69, 9.17) is 10.2 Å². The molecule has 1 aromatic heterocycles. The number of hydrogen-bond donors (Lipinski definition) is 2. The molecule has 3 rings (SSSR count). The summed E-state index contributed by atoms with van der Waals surface area (Å²) in [5, 5.41) is 15.6. The molecule has 0 radical (unpaired) electrons. The average molecular weight is 431 g/mol. The van der Waals surface area contributed by atoms with Gasteiger partial charge in [-0.05, 0) is 51.0 Å². The summed E-state index contributed by atoms with van der Waals surface area (Å²) < 4.78 is 15.6. The number of benzene rings is 1. The zero-order valence-corrected chi connectivity index (χ0v) is 17.3. The minimum absolute atomic E-state index is 0.0563. The van der Waals surface area contributed by atoms with Crippen LogP contribution < -0.4 is 0 Å². The van der Waals surface area contributed by atoms with E-state index in [0.29, 0.717) is 36.5 Å². The topological polar surface area (TPSA) is 113 Å². The summed E-state index contributed by atoms with van der Waals surface area (Å²) in [6, 6.07) is 6.76. The lowest BCUT2D eigenvalue weighted by Crippen LogP contribution is -2.34. The summed E-state index contributed by atoms with van der Waals surface area (Å²) >= 11 is 0. The fourth-order valence-corrected chi connectivity index (χ4v) is 3.25. The third-order valence-corrected chi connectivity index (χ3v) is 4.97. The summed E-state index contributed by atoms with van der Waals surface area (Å²) in [5.74, 6) is -2.02. The van der Waals surface area contributed by atoms with Gasteiger partial charge in [0, 0.05) is 37.0 Å². The quantitative estimate of drug-likeness (QED) is 0.512. The Morgan fingerprint density at radius 2 is 1.74 bits per heavy atom. The number of piperidine rings is 1. The van der Waals surface area contributed by atoms with Crippen molar-refractivity contribution >= 4 is 17.7 Å². The minimum atomic E-state index is -1.26. The molecular weight excluding hydrogens is 405 g/mol. The lowest BCUT2D eigenvalue weighted by Gasteiger charge is -2.27. The Balaban J connectivity index is 0.000000366. The molecule has 31 heavy (non-hydrogen) atoms. The Morgan fingerprint density at radius 3 is 2.32 bits per heavy atom. The molecule has 0 aliphatic carbocycles. The lowest BCUT2D eigenvalue weighted by molar-refractivity contribution is -0.134. The van der Waals surface area contributed by atoms with Gasteiger partial charge < -0.3 is 19.7 Å². The highest BCUT2D eigenvalue weighted by molar-refractivity contribution is 5.94. The first-order valence-electron chi connectivity index (χ1n) is 9.89. The van der Waals surface area contributed by atoms with Crippen LogP contribution in [0.2, 0.25) is 0 Å². The number of rotatable bonds is 7. The number of likely N-dealkylation sites (tertiary alicyclic amines) is 1. The summed E-state index contributed by atoms with van der Waals surface area (Å²) in [5.41, 5.74) is 0.666. The first kappa shape index (κ1) is 23.9. The third-order valence-electron chi connectivity index (χ3n) is 4.97. The standard InChI is InChI=1S/C18H22FN3O.C4H4O4/c1-21-10-6-15(7-11-21)17(23)18-20-9-13-22(18)12-8-14-4-2-3-5-16(14)19;5-3(6)1-2-4(7)8/h2-5,9,13,15H,6-8,10-12H2,1H3;1-2H,(H,5,6)(H,7,8). The van der Waals surface area contributed by atoms with Crippen LogP contribution in [0.5, 0.6) is 0 Å². The second kappa shape index (κ2) is 11.8. The first-order chi connectivity index (χ1) is 14.8. The molecule has 0 spiro atoms. The van der Waals surface area contributed by atoms with E-state index in [1.54, 1.807) is 18.3 Å². The van der Waals surface area contributed by atoms with Crippen LogP contribution in [0.25, 0.3) is 0 Å². The number of aryl methyl sites for hydroxylation is 2. The normalized spacial score (nSPS) is 14.8. The van der Waals surface area contributed by atoms with E-state index in [2.05, 4.69) is 16.9 Å². The molecule has 0 bridgehead atoms. The summed E-state index contributed by atoms with van der Waals surface area (Å²) in [6.45, 7) is 2.47. The fourth-order valence-electron chi connectivity index (χ4n) is 3.25. The van der Waals surface area contributed by atoms with Crippen LogP contribution in [0, 0.1) is 11.7 Å². The van der Waals surface area contributed by atoms with E-state index in [0.717, 1.165) is 25.9 Å². The van der Waals surface area contributed by atoms with Crippen molar-refractivity contribution in [3.63, 3.8) is 0 Å². The zero-order chi connectivity index (χ0) is 22.8. The molecule has 1 aromatic carbocycles. The van der Waals surface area contributed by atoms with E-state index in [-0.39, 0.29) is 17.5 Å². The molecule has 9 heteroatoms. The van der Waals surface area contributed by atoms with Crippen LogP contribution in [0.4, 0.5) is 4.39 Å². The number of carbonyl (C=O) groups is 3. The number of ketones is 1. The number of imidazole rings is 1. The Kier molecular flexibility index (Phi) is 9.08. The highest BCUT2D eigenvalue weighted by Crippen LogP contribution is 2.20. The van der Waals surface area contributed by atoms with Crippen molar-refractivity contribution in [3.05, 3.63) is 66.0 Å². The minimum Gasteiger partial charge on any atom is -0.478 e. The average Bonchev–Trinajstić information content (AvgIpc) is 3.21. The van der Waals surface area contributed by atoms with E-state index in [9.17, 15) is 18.8 Å². The molecule has 1 aliphatic rings. The number of halogens is 1. The molecule has 166 valence electrons. The van der Waals surface area contributed by atoms with Crippen LogP contribution in [-0.2, 0) is 22.6 Å². The van der Waals surface area contributed by atoms with Gasteiger partial charge in [-0.15, -0.1) is 0 Å². The number of Topliss-reactive ketones (excluding diaryl/α,β-unsaturated/α-hetero) is 1. The van der Waals surface area contributed by atoms with Crippen LogP contribution in [0.15, 0.2) is 48.8 Å². The third kappa shape index (κ3) is 7.78. The molecule has 1 aliphatic heterocycles. The highest BCUT2D eigenvalue weighted by Gasteiger charge is 2.27. The van der Waals surface area contributed by atoms with Crippen molar-refractivity contribution in [1.29, 1.82) is 0 Å². The number of aliphatic carboxylic acids is 2. The predicted molar refractivity (Wildman–Crippen MR) is 111 cm³/mol. The van der Waals surface area contributed by atoms with E-state index in [1.165, 1.54) is 6.07 Å². The zero-order valence-electron chi connectivity index (χ0n) is 17.3. The van der Waals surface area contributed by atoms with Crippen molar-refractivity contribution in [1.82, 2.24) is 14.5 Å². The Labute approximate surface area is 179 Å². The number of nitrogens with zero attached hydrogens (tertiary/aromatic N) is 3. The Bertz CT molecular complexity index is 917. The smallest absolute Gasteiger partial charge is 0.328 e. The van der Waals surface area contributed by atoms with Gasteiger partial charge in [0.05, 0.1) is 0 Å². The maximum atomic E-state index is 13.7. The fraction of sp³-hybridized carbons (Fsp3) is 0.364. The molecule has 1 saturated heterocycles. The molecule has 2 heterocycles. The van der Waals surface area contributed by atoms with Crippen molar-refractivity contribution < 1.29 is 29.0 Å². The van der Waals surface area contributed by atoms with Gasteiger partial charge in [0.25, 0.3) is 0 Å². The second-order valence-electron chi connectivity index (χ2n) is 7.24. The molecule has 8 nitrogen and oxygen atoms in total. The van der Waals surface area contributed by atoms with Gasteiger partial charge in [0.2, 0.25) is 5.78 Å². The second-order valence-corrected chi connectivity index (χ2v) is 7.24. The van der Waals surface area contributed by atoms with Gasteiger partial charge in [0.15, 0.2) is 5.82 Å². The lowest BCUT2D eigenvalue weighted by atomic mass is 9.92. The molecule has 1 fully saturated rings. The van der Waals surface area contributed by atoms with E-state index >= 15 is 0 Å². The Hall–Kier alpha value is -3.33. The number of hydrogen-bond acceptors (Lipinski definition) is 5. The molecule has 0 unspecified atom stereocenters. The summed E-state index contributed by atoms with van der Waals surface area (Å²) in [6.07, 6.45) is 6.90. The van der Waals surface area contributed by atoms with Crippen LogP contribution in [-0.4, -0.2) is 62.5 Å². The van der Waals surface area contributed by atoms with Crippen LogP contribution in [0.3, 0.4) is 0 Å². The molecule has 0 saturated carbocycles. The molecule has 2 aromatic rings. The van der Waals surface area contributed by atoms with Gasteiger partial charge in [-0.1, -0.05) is 18.2 Å². The van der Waals surface area contributed by atoms with Crippen LogP contribution in [0.1, 0.15) is 29.0 Å². The molecule has 2 N–H and O–H groups in total. The number of aromatic nitrogens is 2.